The summed E-state index contributed by atoms with van der Waals surface area (Å²) in [6.07, 6.45) is 0. The van der Waals surface area contributed by atoms with E-state index in [1.165, 1.54) is 4.70 Å². The SMILES string of the molecule is N#Cc1cc(C#N)c(-n2c3ccccc3c3ccccc32)c(-c2ccc(C#N)c(C#N)c2-n2c3ccccc3c3c4c(ccc32)sc2ccccc24)c1. The Morgan fingerprint density at radius 3 is 1.68 bits per heavy atom. The highest BCUT2D eigenvalue weighted by molar-refractivity contribution is 7.26. The van der Waals surface area contributed by atoms with Gasteiger partial charge in [-0.3, -0.25) is 0 Å². The van der Waals surface area contributed by atoms with Crippen molar-refractivity contribution in [1.82, 2.24) is 9.13 Å². The summed E-state index contributed by atoms with van der Waals surface area (Å²) in [6, 6.07) is 53.2. The molecule has 3 aromatic heterocycles. The first kappa shape index (κ1) is 30.2. The van der Waals surface area contributed by atoms with E-state index in [0.29, 0.717) is 33.6 Å². The van der Waals surface area contributed by atoms with Crippen LogP contribution < -0.4 is 0 Å². The van der Waals surface area contributed by atoms with E-state index in [4.69, 9.17) is 0 Å². The van der Waals surface area contributed by atoms with E-state index in [2.05, 4.69) is 88.0 Å². The zero-order chi connectivity index (χ0) is 35.8. The number of aromatic nitrogens is 2. The van der Waals surface area contributed by atoms with Crippen molar-refractivity contribution >= 4 is 75.1 Å². The van der Waals surface area contributed by atoms with Crippen LogP contribution in [0.4, 0.5) is 0 Å². The van der Waals surface area contributed by atoms with Gasteiger partial charge in [0.2, 0.25) is 0 Å². The van der Waals surface area contributed by atoms with Crippen molar-refractivity contribution in [3.8, 4) is 46.8 Å². The molecule has 0 unspecified atom stereocenters. The number of benzene rings is 7. The van der Waals surface area contributed by atoms with Gasteiger partial charge in [-0.25, -0.2) is 0 Å². The molecule has 10 aromatic rings. The Labute approximate surface area is 306 Å². The zero-order valence-corrected chi connectivity index (χ0v) is 28.6. The minimum Gasteiger partial charge on any atom is -0.307 e. The molecular weight excluding hydrogens is 669 g/mol. The molecule has 0 aliphatic carbocycles. The maximum atomic E-state index is 10.9. The summed E-state index contributed by atoms with van der Waals surface area (Å²) >= 11 is 1.75. The highest BCUT2D eigenvalue weighted by Gasteiger charge is 2.27. The molecular formula is C46H22N6S. The van der Waals surface area contributed by atoms with Crippen LogP contribution in [-0.2, 0) is 0 Å². The van der Waals surface area contributed by atoms with E-state index >= 15 is 0 Å². The lowest BCUT2D eigenvalue weighted by atomic mass is 9.92. The second-order valence-corrected chi connectivity index (χ2v) is 14.0. The molecule has 242 valence electrons. The molecule has 10 rings (SSSR count). The quantitative estimate of drug-likeness (QED) is 0.184. The number of rotatable bonds is 3. The topological polar surface area (TPSA) is 105 Å². The summed E-state index contributed by atoms with van der Waals surface area (Å²) in [5.74, 6) is 0. The van der Waals surface area contributed by atoms with Crippen LogP contribution in [0.3, 0.4) is 0 Å². The number of hydrogen-bond acceptors (Lipinski definition) is 5. The predicted molar refractivity (Wildman–Crippen MR) is 212 cm³/mol. The van der Waals surface area contributed by atoms with Gasteiger partial charge in [0.15, 0.2) is 0 Å². The minimum atomic E-state index is 0.206. The van der Waals surface area contributed by atoms with E-state index in [0.717, 1.165) is 59.1 Å². The Hall–Kier alpha value is -7.68. The van der Waals surface area contributed by atoms with Crippen molar-refractivity contribution in [2.75, 3.05) is 0 Å². The Kier molecular flexibility index (Phi) is 6.50. The van der Waals surface area contributed by atoms with Gasteiger partial charge in [-0.2, -0.15) is 21.0 Å². The maximum Gasteiger partial charge on any atom is 0.103 e. The second kappa shape index (κ2) is 11.4. The van der Waals surface area contributed by atoms with Crippen LogP contribution in [-0.4, -0.2) is 9.13 Å². The van der Waals surface area contributed by atoms with Crippen LogP contribution in [0.2, 0.25) is 0 Å². The largest absolute Gasteiger partial charge is 0.307 e. The third-order valence-electron chi connectivity index (χ3n) is 10.3. The molecule has 0 aliphatic rings. The number of para-hydroxylation sites is 3. The third kappa shape index (κ3) is 4.15. The highest BCUT2D eigenvalue weighted by Crippen LogP contribution is 2.47. The molecule has 0 saturated heterocycles. The van der Waals surface area contributed by atoms with Gasteiger partial charge >= 0.3 is 0 Å². The Balaban J connectivity index is 1.42. The van der Waals surface area contributed by atoms with E-state index in [9.17, 15) is 21.0 Å². The van der Waals surface area contributed by atoms with Gasteiger partial charge in [0.05, 0.1) is 61.8 Å². The first-order chi connectivity index (χ1) is 26.1. The van der Waals surface area contributed by atoms with Gasteiger partial charge in [-0.05, 0) is 54.6 Å². The van der Waals surface area contributed by atoms with Gasteiger partial charge < -0.3 is 9.13 Å². The average molecular weight is 691 g/mol. The van der Waals surface area contributed by atoms with Gasteiger partial charge in [-0.15, -0.1) is 11.3 Å². The summed E-state index contributed by atoms with van der Waals surface area (Å²) < 4.78 is 6.51. The van der Waals surface area contributed by atoms with Crippen molar-refractivity contribution in [3.05, 3.63) is 156 Å². The number of thiophene rings is 1. The van der Waals surface area contributed by atoms with Crippen LogP contribution in [0.15, 0.2) is 133 Å². The summed E-state index contributed by atoms with van der Waals surface area (Å²) in [7, 11) is 0. The molecule has 3 heterocycles. The van der Waals surface area contributed by atoms with Gasteiger partial charge in [-0.1, -0.05) is 78.9 Å². The number of nitriles is 4. The Morgan fingerprint density at radius 1 is 0.415 bits per heavy atom. The van der Waals surface area contributed by atoms with Crippen molar-refractivity contribution in [1.29, 1.82) is 21.0 Å². The van der Waals surface area contributed by atoms with Crippen LogP contribution in [0, 0.1) is 45.3 Å². The summed E-state index contributed by atoms with van der Waals surface area (Å²) in [6.45, 7) is 0. The van der Waals surface area contributed by atoms with Crippen molar-refractivity contribution < 1.29 is 0 Å². The Morgan fingerprint density at radius 2 is 1.02 bits per heavy atom. The van der Waals surface area contributed by atoms with Crippen LogP contribution >= 0.6 is 11.3 Å². The van der Waals surface area contributed by atoms with Gasteiger partial charge in [0.25, 0.3) is 0 Å². The van der Waals surface area contributed by atoms with Gasteiger partial charge in [0, 0.05) is 52.8 Å². The maximum absolute atomic E-state index is 10.9. The average Bonchev–Trinajstić information content (AvgIpc) is 3.87. The number of hydrogen-bond donors (Lipinski definition) is 0. The first-order valence-electron chi connectivity index (χ1n) is 16.9. The molecule has 7 heteroatoms. The standard InChI is InChI=1S/C46H22N6S/c47-23-27-21-29(25-49)45(51-37-13-5-1-9-30(37)31-10-2-6-14-38(31)51)35(22-27)32-18-17-28(24-48)36(26-50)46(32)52-39-15-7-3-11-33(39)43-40(52)19-20-42-44(43)34-12-4-8-16-41(34)53-42/h1-22H. The molecule has 0 saturated carbocycles. The first-order valence-corrected chi connectivity index (χ1v) is 17.7. The monoisotopic (exact) mass is 690 g/mol. The molecule has 0 aliphatic heterocycles. The fourth-order valence-electron chi connectivity index (χ4n) is 8.16. The fraction of sp³-hybridized carbons (Fsp3) is 0. The van der Waals surface area contributed by atoms with E-state index in [1.807, 2.05) is 60.7 Å². The normalized spacial score (nSPS) is 11.3. The molecule has 0 spiro atoms. The Bertz CT molecular complexity index is 3350. The predicted octanol–water partition coefficient (Wildman–Crippen LogP) is 11.4. The second-order valence-electron chi connectivity index (χ2n) is 12.9. The smallest absolute Gasteiger partial charge is 0.103 e. The minimum absolute atomic E-state index is 0.206. The van der Waals surface area contributed by atoms with Crippen molar-refractivity contribution in [3.63, 3.8) is 0 Å². The zero-order valence-electron chi connectivity index (χ0n) is 27.8. The van der Waals surface area contributed by atoms with Crippen LogP contribution in [0.5, 0.6) is 0 Å². The van der Waals surface area contributed by atoms with Gasteiger partial charge in [0.1, 0.15) is 18.2 Å². The number of fused-ring (bicyclic) bond motifs is 10. The number of nitrogens with zero attached hydrogens (tertiary/aromatic N) is 6. The molecule has 0 radical (unpaired) electrons. The van der Waals surface area contributed by atoms with Crippen molar-refractivity contribution in [2.45, 2.75) is 0 Å². The molecule has 0 atom stereocenters. The molecule has 6 nitrogen and oxygen atoms in total. The van der Waals surface area contributed by atoms with Crippen LogP contribution in [0.1, 0.15) is 22.3 Å². The molecule has 7 aromatic carbocycles. The summed E-state index contributed by atoms with van der Waals surface area (Å²) in [5, 5.41) is 48.8. The fourth-order valence-corrected chi connectivity index (χ4v) is 9.27. The molecule has 0 fully saturated rings. The summed E-state index contributed by atoms with van der Waals surface area (Å²) in [4.78, 5) is 0. The van der Waals surface area contributed by atoms with E-state index in [1.54, 1.807) is 29.5 Å². The third-order valence-corrected chi connectivity index (χ3v) is 11.4. The molecule has 53 heavy (non-hydrogen) atoms. The molecule has 0 N–H and O–H groups in total. The molecule has 0 amide bonds. The lowest BCUT2D eigenvalue weighted by molar-refractivity contribution is 1.14. The lowest BCUT2D eigenvalue weighted by Gasteiger charge is -2.21. The molecule has 0 bridgehead atoms. The van der Waals surface area contributed by atoms with Crippen molar-refractivity contribution in [2.24, 2.45) is 0 Å². The van der Waals surface area contributed by atoms with E-state index in [-0.39, 0.29) is 11.1 Å². The summed E-state index contributed by atoms with van der Waals surface area (Å²) in [5.41, 5.74) is 6.91. The lowest BCUT2D eigenvalue weighted by Crippen LogP contribution is -2.07. The van der Waals surface area contributed by atoms with Crippen LogP contribution in [0.25, 0.3) is 86.3 Å². The highest BCUT2D eigenvalue weighted by atomic mass is 32.1. The van der Waals surface area contributed by atoms with E-state index < -0.39 is 0 Å².